The van der Waals surface area contributed by atoms with Gasteiger partial charge in [0.1, 0.15) is 5.01 Å². The summed E-state index contributed by atoms with van der Waals surface area (Å²) in [7, 11) is 1.74. The zero-order valence-electron chi connectivity index (χ0n) is 9.04. The van der Waals surface area contributed by atoms with Crippen molar-refractivity contribution < 1.29 is 4.74 Å². The van der Waals surface area contributed by atoms with E-state index in [1.807, 2.05) is 6.92 Å². The molecule has 0 aliphatic carbocycles. The number of aryl methyl sites for hydroxylation is 1. The molecular weight excluding hydrogens is 196 g/mol. The Morgan fingerprint density at radius 1 is 1.64 bits per heavy atom. The van der Waals surface area contributed by atoms with Gasteiger partial charge in [-0.3, -0.25) is 0 Å². The molecule has 0 saturated heterocycles. The average molecular weight is 214 g/mol. The summed E-state index contributed by atoms with van der Waals surface area (Å²) in [6, 6.07) is 0. The second-order valence-electron chi connectivity index (χ2n) is 3.57. The van der Waals surface area contributed by atoms with Crippen molar-refractivity contribution in [3.8, 4) is 0 Å². The van der Waals surface area contributed by atoms with Crippen LogP contribution in [0, 0.1) is 12.8 Å². The predicted octanol–water partition coefficient (Wildman–Crippen LogP) is 1.82. The molecule has 1 aromatic rings. The lowest BCUT2D eigenvalue weighted by atomic mass is 10.2. The van der Waals surface area contributed by atoms with Crippen LogP contribution in [0.25, 0.3) is 0 Å². The molecule has 0 saturated carbocycles. The Labute approximate surface area is 89.5 Å². The molecule has 3 nitrogen and oxygen atoms in total. The first-order chi connectivity index (χ1) is 6.72. The fourth-order valence-electron chi connectivity index (χ4n) is 1.25. The molecule has 0 amide bonds. The van der Waals surface area contributed by atoms with Gasteiger partial charge < -0.3 is 10.1 Å². The largest absolute Gasteiger partial charge is 0.384 e. The Balaban J connectivity index is 2.15. The third-order valence-electron chi connectivity index (χ3n) is 1.89. The lowest BCUT2D eigenvalue weighted by molar-refractivity contribution is 0.158. The Bertz CT molecular complexity index is 262. The maximum absolute atomic E-state index is 5.06. The molecule has 1 heterocycles. The third kappa shape index (κ3) is 4.17. The molecular formula is C10H18N2OS. The zero-order valence-corrected chi connectivity index (χ0v) is 9.86. The van der Waals surface area contributed by atoms with Crippen LogP contribution in [0.5, 0.6) is 0 Å². The van der Waals surface area contributed by atoms with Crippen molar-refractivity contribution in [3.63, 3.8) is 0 Å². The summed E-state index contributed by atoms with van der Waals surface area (Å²) in [6.07, 6.45) is 0. The molecule has 0 spiro atoms. The third-order valence-corrected chi connectivity index (χ3v) is 2.85. The first kappa shape index (κ1) is 11.6. The molecule has 1 aromatic heterocycles. The Hall–Kier alpha value is -0.450. The van der Waals surface area contributed by atoms with Crippen molar-refractivity contribution in [2.75, 3.05) is 20.3 Å². The van der Waals surface area contributed by atoms with E-state index in [-0.39, 0.29) is 0 Å². The molecule has 4 heteroatoms. The van der Waals surface area contributed by atoms with Gasteiger partial charge in [0.05, 0.1) is 0 Å². The highest BCUT2D eigenvalue weighted by Gasteiger charge is 2.02. The Morgan fingerprint density at radius 2 is 2.43 bits per heavy atom. The van der Waals surface area contributed by atoms with E-state index >= 15 is 0 Å². The normalized spacial score (nSPS) is 13.1. The minimum absolute atomic E-state index is 0.557. The molecule has 0 aliphatic heterocycles. The van der Waals surface area contributed by atoms with Crippen LogP contribution in [0.2, 0.25) is 0 Å². The number of aromatic nitrogens is 1. The summed E-state index contributed by atoms with van der Waals surface area (Å²) < 4.78 is 5.06. The molecule has 1 rings (SSSR count). The predicted molar refractivity (Wildman–Crippen MR) is 59.6 cm³/mol. The summed E-state index contributed by atoms with van der Waals surface area (Å²) in [6.45, 7) is 6.85. The quantitative estimate of drug-likeness (QED) is 0.784. The van der Waals surface area contributed by atoms with Crippen molar-refractivity contribution in [1.82, 2.24) is 10.3 Å². The first-order valence-corrected chi connectivity index (χ1v) is 5.71. The second-order valence-corrected chi connectivity index (χ2v) is 4.52. The van der Waals surface area contributed by atoms with Gasteiger partial charge in [-0.15, -0.1) is 11.3 Å². The zero-order chi connectivity index (χ0) is 10.4. The highest BCUT2D eigenvalue weighted by molar-refractivity contribution is 7.09. The molecule has 80 valence electrons. The van der Waals surface area contributed by atoms with Crippen molar-refractivity contribution in [3.05, 3.63) is 16.1 Å². The first-order valence-electron chi connectivity index (χ1n) is 4.83. The minimum atomic E-state index is 0.557. The highest BCUT2D eigenvalue weighted by Crippen LogP contribution is 2.07. The Kier molecular flexibility index (Phi) is 5.07. The van der Waals surface area contributed by atoms with Gasteiger partial charge in [0.15, 0.2) is 0 Å². The summed E-state index contributed by atoms with van der Waals surface area (Å²) in [4.78, 5) is 4.38. The summed E-state index contributed by atoms with van der Waals surface area (Å²) in [5.41, 5.74) is 1.11. The van der Waals surface area contributed by atoms with Crippen LogP contribution in [0.4, 0.5) is 0 Å². The summed E-state index contributed by atoms with van der Waals surface area (Å²) >= 11 is 1.71. The number of rotatable bonds is 6. The van der Waals surface area contributed by atoms with Crippen molar-refractivity contribution in [2.45, 2.75) is 20.4 Å². The van der Waals surface area contributed by atoms with E-state index in [1.165, 1.54) is 0 Å². The van der Waals surface area contributed by atoms with Gasteiger partial charge in [0, 0.05) is 37.9 Å². The highest BCUT2D eigenvalue weighted by atomic mass is 32.1. The van der Waals surface area contributed by atoms with Gasteiger partial charge in [-0.05, 0) is 12.8 Å². The smallest absolute Gasteiger partial charge is 0.107 e. The van der Waals surface area contributed by atoms with Crippen LogP contribution >= 0.6 is 11.3 Å². The van der Waals surface area contributed by atoms with Gasteiger partial charge >= 0.3 is 0 Å². The molecule has 1 N–H and O–H groups in total. The molecule has 0 aromatic carbocycles. The van der Waals surface area contributed by atoms with Gasteiger partial charge in [-0.2, -0.15) is 0 Å². The maximum atomic E-state index is 5.06. The van der Waals surface area contributed by atoms with Crippen LogP contribution < -0.4 is 5.32 Å². The van der Waals surface area contributed by atoms with E-state index in [2.05, 4.69) is 22.6 Å². The lowest BCUT2D eigenvalue weighted by Crippen LogP contribution is -2.23. The fourth-order valence-corrected chi connectivity index (χ4v) is 1.99. The molecule has 0 radical (unpaired) electrons. The topological polar surface area (TPSA) is 34.1 Å². The van der Waals surface area contributed by atoms with Crippen molar-refractivity contribution in [1.29, 1.82) is 0 Å². The van der Waals surface area contributed by atoms with E-state index in [0.29, 0.717) is 5.92 Å². The van der Waals surface area contributed by atoms with Gasteiger partial charge in [-0.25, -0.2) is 4.98 Å². The summed E-state index contributed by atoms with van der Waals surface area (Å²) in [5, 5.41) is 6.61. The van der Waals surface area contributed by atoms with Crippen LogP contribution in [0.1, 0.15) is 17.6 Å². The molecule has 1 unspecified atom stereocenters. The maximum Gasteiger partial charge on any atom is 0.107 e. The molecule has 0 aliphatic rings. The SMILES string of the molecule is COCC(C)CNCc1nc(C)cs1. The van der Waals surface area contributed by atoms with E-state index in [0.717, 1.165) is 30.4 Å². The van der Waals surface area contributed by atoms with Gasteiger partial charge in [0.25, 0.3) is 0 Å². The van der Waals surface area contributed by atoms with Gasteiger partial charge in [-0.1, -0.05) is 6.92 Å². The number of hydrogen-bond donors (Lipinski definition) is 1. The van der Waals surface area contributed by atoms with Gasteiger partial charge in [0.2, 0.25) is 0 Å². The van der Waals surface area contributed by atoms with Crippen molar-refractivity contribution in [2.24, 2.45) is 5.92 Å². The number of nitrogens with one attached hydrogen (secondary N) is 1. The number of hydrogen-bond acceptors (Lipinski definition) is 4. The number of methoxy groups -OCH3 is 1. The second kappa shape index (κ2) is 6.11. The molecule has 14 heavy (non-hydrogen) atoms. The van der Waals surface area contributed by atoms with E-state index in [9.17, 15) is 0 Å². The minimum Gasteiger partial charge on any atom is -0.384 e. The lowest BCUT2D eigenvalue weighted by Gasteiger charge is -2.09. The van der Waals surface area contributed by atoms with Crippen LogP contribution in [0.15, 0.2) is 5.38 Å². The number of nitrogens with zero attached hydrogens (tertiary/aromatic N) is 1. The van der Waals surface area contributed by atoms with Crippen LogP contribution in [-0.2, 0) is 11.3 Å². The van der Waals surface area contributed by atoms with E-state index < -0.39 is 0 Å². The monoisotopic (exact) mass is 214 g/mol. The molecule has 1 atom stereocenters. The van der Waals surface area contributed by atoms with Crippen molar-refractivity contribution >= 4 is 11.3 Å². The Morgan fingerprint density at radius 3 is 3.00 bits per heavy atom. The van der Waals surface area contributed by atoms with Crippen LogP contribution in [0.3, 0.4) is 0 Å². The van der Waals surface area contributed by atoms with E-state index in [1.54, 1.807) is 18.4 Å². The number of thiazole rings is 1. The van der Waals surface area contributed by atoms with Crippen LogP contribution in [-0.4, -0.2) is 25.2 Å². The fraction of sp³-hybridized carbons (Fsp3) is 0.700. The number of ether oxygens (including phenoxy) is 1. The standard InChI is InChI=1S/C10H18N2OS/c1-8(6-13-3)4-11-5-10-12-9(2)7-14-10/h7-8,11H,4-6H2,1-3H3. The molecule has 0 bridgehead atoms. The summed E-state index contributed by atoms with van der Waals surface area (Å²) in [5.74, 6) is 0.557. The average Bonchev–Trinajstić information content (AvgIpc) is 2.52. The van der Waals surface area contributed by atoms with E-state index in [4.69, 9.17) is 4.74 Å². The molecule has 0 fully saturated rings.